The van der Waals surface area contributed by atoms with E-state index in [1.54, 1.807) is 0 Å². The fourth-order valence-electron chi connectivity index (χ4n) is 10.9. The van der Waals surface area contributed by atoms with Crippen LogP contribution in [0.3, 0.4) is 0 Å². The highest BCUT2D eigenvalue weighted by molar-refractivity contribution is 5.88. The lowest BCUT2D eigenvalue weighted by Gasteiger charge is -2.34. The molecule has 0 spiro atoms. The van der Waals surface area contributed by atoms with Gasteiger partial charge in [0.15, 0.2) is 0 Å². The monoisotopic (exact) mass is 932 g/mol. The minimum Gasteiger partial charge on any atom is -0.453 e. The van der Waals surface area contributed by atoms with E-state index in [4.69, 9.17) is 19.2 Å². The first kappa shape index (κ1) is 46.4. The Balaban J connectivity index is 0.976. The van der Waals surface area contributed by atoms with Crippen LogP contribution < -0.4 is 31.5 Å². The summed E-state index contributed by atoms with van der Waals surface area (Å²) in [6.07, 6.45) is 3.86. The van der Waals surface area contributed by atoms with E-state index < -0.39 is 24.3 Å². The van der Waals surface area contributed by atoms with Crippen molar-refractivity contribution in [3.63, 3.8) is 0 Å². The zero-order valence-electron chi connectivity index (χ0n) is 39.7. The third kappa shape index (κ3) is 9.28. The average Bonchev–Trinajstić information content (AvgIpc) is 4.20. The van der Waals surface area contributed by atoms with Gasteiger partial charge in [0.25, 0.3) is 0 Å². The van der Waals surface area contributed by atoms with Crippen molar-refractivity contribution in [2.24, 2.45) is 11.8 Å². The Bertz CT molecular complexity index is 2530. The minimum atomic E-state index is -0.722. The molecule has 3 aromatic carbocycles. The molecular weight excluding hydrogens is 869 g/mol. The molecule has 0 saturated carbocycles. The fourth-order valence-corrected chi connectivity index (χ4v) is 10.9. The van der Waals surface area contributed by atoms with Gasteiger partial charge < -0.3 is 60.5 Å². The first-order chi connectivity index (χ1) is 32.8. The van der Waals surface area contributed by atoms with Gasteiger partial charge in [0.1, 0.15) is 30.7 Å². The lowest BCUT2D eigenvalue weighted by Crippen LogP contribution is -2.56. The molecule has 8 atom stereocenters. The molecule has 9 rings (SSSR count). The molecule has 1 aromatic heterocycles. The maximum atomic E-state index is 13.9. The molecule has 18 nitrogen and oxygen atoms in total. The number of amides is 5. The first-order valence-corrected chi connectivity index (χ1v) is 24.1. The van der Waals surface area contributed by atoms with Gasteiger partial charge in [-0.1, -0.05) is 52.0 Å². The summed E-state index contributed by atoms with van der Waals surface area (Å²) in [5.74, 6) is 0.209. The van der Waals surface area contributed by atoms with E-state index in [1.807, 2.05) is 37.5 Å². The van der Waals surface area contributed by atoms with Crippen LogP contribution in [0.5, 0.6) is 0 Å². The number of hydrogen-bond acceptors (Lipinski definition) is 12. The normalized spacial score (nSPS) is 24.1. The van der Waals surface area contributed by atoms with Crippen LogP contribution in [0, 0.1) is 11.8 Å². The molecule has 0 radical (unpaired) electrons. The van der Waals surface area contributed by atoms with Gasteiger partial charge in [0.05, 0.1) is 66.8 Å². The largest absolute Gasteiger partial charge is 0.453 e. The highest BCUT2D eigenvalue weighted by atomic mass is 16.6. The number of carbonyl (C=O) groups excluding carboxylic acids is 5. The third-order valence-corrected chi connectivity index (χ3v) is 14.4. The molecule has 5 aliphatic rings. The zero-order chi connectivity index (χ0) is 47.8. The van der Waals surface area contributed by atoms with Crippen molar-refractivity contribution >= 4 is 58.2 Å². The smallest absolute Gasteiger partial charge is 0.407 e. The first-order valence-electron chi connectivity index (χ1n) is 24.1. The molecule has 18 heteroatoms. The number of carbonyl (C=O) groups is 5. The van der Waals surface area contributed by atoms with E-state index in [0.717, 1.165) is 89.1 Å². The van der Waals surface area contributed by atoms with Crippen LogP contribution in [0.15, 0.2) is 60.7 Å². The molecule has 4 fully saturated rings. The minimum absolute atomic E-state index is 0.0166. The molecular formula is C50H64N10O8. The van der Waals surface area contributed by atoms with E-state index in [1.165, 1.54) is 14.2 Å². The van der Waals surface area contributed by atoms with Gasteiger partial charge in [-0.15, -0.1) is 0 Å². The second-order valence-electron chi connectivity index (χ2n) is 19.4. The van der Waals surface area contributed by atoms with Gasteiger partial charge in [0.2, 0.25) is 11.8 Å². The maximum absolute atomic E-state index is 13.9. The Labute approximate surface area is 396 Å². The number of nitrogens with zero attached hydrogens (tertiary/aromatic N) is 4. The zero-order valence-corrected chi connectivity index (χ0v) is 39.7. The number of benzene rings is 3. The molecule has 6 heterocycles. The standard InChI is InChI=1S/C50H64N10O8/c1-27(2)42(56-48(63)66-5)46(61)58-21-7-9-40(58)44-52-34-17-13-30(24-36(34)54-44)38-19-20-39(60(38)33-15-11-29(12-16-33)23-32-26-68-50(65)51-32)31-14-18-35-37(25-31)55-45(53-35)41-10-8-22-59(41)47(62)43(28(3)4)57-49(64)67-6/h11-18,24-25,27-28,32,38-44,52,54H,7-10,19-23,26H2,1-6H3,(H,51,65)(H,53,55)(H,56,63)(H,57,64)/t32-,38+,39+,40-,41-,42-,43-,44?/m0/s1. The summed E-state index contributed by atoms with van der Waals surface area (Å²) in [5, 5.41) is 15.8. The van der Waals surface area contributed by atoms with Gasteiger partial charge >= 0.3 is 18.3 Å². The quantitative estimate of drug-likeness (QED) is 0.0759. The number of imidazole rings is 1. The molecule has 4 aromatic rings. The van der Waals surface area contributed by atoms with Crippen molar-refractivity contribution in [3.8, 4) is 0 Å². The van der Waals surface area contributed by atoms with E-state index in [0.29, 0.717) is 26.1 Å². The number of fused-ring (bicyclic) bond motifs is 2. The number of alkyl carbamates (subject to hydrolysis) is 3. The number of nitrogens with one attached hydrogen (secondary N) is 6. The van der Waals surface area contributed by atoms with Crippen molar-refractivity contribution < 1.29 is 38.2 Å². The summed E-state index contributed by atoms with van der Waals surface area (Å²) in [5.41, 5.74) is 8.14. The Morgan fingerprint density at radius 2 is 1.35 bits per heavy atom. The molecule has 362 valence electrons. The van der Waals surface area contributed by atoms with Gasteiger partial charge in [-0.05, 0) is 110 Å². The number of aromatic nitrogens is 2. The van der Waals surface area contributed by atoms with Crippen molar-refractivity contribution in [3.05, 3.63) is 83.2 Å². The van der Waals surface area contributed by atoms with Gasteiger partial charge in [-0.2, -0.15) is 0 Å². The summed E-state index contributed by atoms with van der Waals surface area (Å²) in [7, 11) is 2.60. The van der Waals surface area contributed by atoms with Gasteiger partial charge in [-0.3, -0.25) is 9.59 Å². The SMILES string of the molecule is COC(=O)N[C@H](C(=O)N1CCC[C@H]1c1nc2ccc([C@H]3CC[C@H](c4ccc5c(c4)NC([C@@H]4CCCN4C(=O)[C@@H](NC(=O)OC)C(C)C)N5)N3c3ccc(C[C@H]4COC(=O)N4)cc3)cc2[nH]1)C(C)C. The van der Waals surface area contributed by atoms with E-state index in [2.05, 4.69) is 97.1 Å². The van der Waals surface area contributed by atoms with Crippen LogP contribution >= 0.6 is 0 Å². The number of anilines is 3. The highest BCUT2D eigenvalue weighted by Gasteiger charge is 2.43. The van der Waals surface area contributed by atoms with E-state index >= 15 is 0 Å². The van der Waals surface area contributed by atoms with Gasteiger partial charge in [-0.25, -0.2) is 19.4 Å². The summed E-state index contributed by atoms with van der Waals surface area (Å²) >= 11 is 0. The van der Waals surface area contributed by atoms with Gasteiger partial charge in [0, 0.05) is 18.8 Å². The number of cyclic esters (lactones) is 1. The molecule has 1 unspecified atom stereocenters. The second-order valence-corrected chi connectivity index (χ2v) is 19.4. The lowest BCUT2D eigenvalue weighted by atomic mass is 10.0. The van der Waals surface area contributed by atoms with Crippen LogP contribution in [0.2, 0.25) is 0 Å². The lowest BCUT2D eigenvalue weighted by molar-refractivity contribution is -0.136. The average molecular weight is 933 g/mol. The third-order valence-electron chi connectivity index (χ3n) is 14.4. The summed E-state index contributed by atoms with van der Waals surface area (Å²) < 4.78 is 14.8. The van der Waals surface area contributed by atoms with Crippen LogP contribution in [0.25, 0.3) is 11.0 Å². The maximum Gasteiger partial charge on any atom is 0.407 e. The van der Waals surface area contributed by atoms with Crippen molar-refractivity contribution in [2.45, 2.75) is 121 Å². The van der Waals surface area contributed by atoms with Crippen molar-refractivity contribution in [1.29, 1.82) is 0 Å². The number of aromatic amines is 1. The Kier molecular flexibility index (Phi) is 13.3. The predicted octanol–water partition coefficient (Wildman–Crippen LogP) is 6.88. The summed E-state index contributed by atoms with van der Waals surface area (Å²) in [4.78, 5) is 78.8. The van der Waals surface area contributed by atoms with Crippen molar-refractivity contribution in [2.75, 3.05) is 49.4 Å². The van der Waals surface area contributed by atoms with Crippen LogP contribution in [-0.2, 0) is 30.2 Å². The molecule has 6 N–H and O–H groups in total. The molecule has 0 aliphatic carbocycles. The Morgan fingerprint density at radius 3 is 2.00 bits per heavy atom. The topological polar surface area (TPSA) is 212 Å². The van der Waals surface area contributed by atoms with Crippen molar-refractivity contribution in [1.82, 2.24) is 35.7 Å². The molecule has 4 saturated heterocycles. The van der Waals surface area contributed by atoms with Crippen LogP contribution in [0.4, 0.5) is 31.4 Å². The molecule has 5 aliphatic heterocycles. The highest BCUT2D eigenvalue weighted by Crippen LogP contribution is 2.49. The molecule has 5 amide bonds. The number of hydrogen-bond donors (Lipinski definition) is 6. The number of methoxy groups -OCH3 is 2. The van der Waals surface area contributed by atoms with E-state index in [9.17, 15) is 24.0 Å². The molecule has 68 heavy (non-hydrogen) atoms. The number of H-pyrrole nitrogens is 1. The fraction of sp³-hybridized carbons (Fsp3) is 0.520. The number of likely N-dealkylation sites (tertiary alicyclic amines) is 2. The Hall–Kier alpha value is -6.72. The van der Waals surface area contributed by atoms with Crippen LogP contribution in [-0.4, -0.2) is 114 Å². The number of ether oxygens (including phenoxy) is 3. The van der Waals surface area contributed by atoms with E-state index in [-0.39, 0.29) is 66.1 Å². The predicted molar refractivity (Wildman–Crippen MR) is 256 cm³/mol. The summed E-state index contributed by atoms with van der Waals surface area (Å²) in [6, 6.07) is 19.8. The van der Waals surface area contributed by atoms with Crippen LogP contribution in [0.1, 0.15) is 107 Å². The summed E-state index contributed by atoms with van der Waals surface area (Å²) in [6.45, 7) is 9.18. The number of rotatable bonds is 13. The second kappa shape index (κ2) is 19.5. The Morgan fingerprint density at radius 1 is 0.735 bits per heavy atom. The molecule has 0 bridgehead atoms.